The molecule has 0 spiro atoms. The maximum absolute atomic E-state index is 14.1. The van der Waals surface area contributed by atoms with Crippen LogP contribution in [-0.4, -0.2) is 125 Å². The van der Waals surface area contributed by atoms with Crippen LogP contribution >= 0.6 is 0 Å². The van der Waals surface area contributed by atoms with E-state index in [0.29, 0.717) is 19.4 Å². The number of hydrogen-bond acceptors (Lipinski definition) is 13. The molecule has 0 aliphatic carbocycles. The van der Waals surface area contributed by atoms with Gasteiger partial charge in [0.05, 0.1) is 41.5 Å². The molecule has 3 fully saturated rings. The lowest BCUT2D eigenvalue weighted by Crippen LogP contribution is -2.59. The van der Waals surface area contributed by atoms with E-state index in [-0.39, 0.29) is 43.7 Å². The Bertz CT molecular complexity index is 1170. The number of carbonyl (C=O) groups is 1. The molecule has 15 heteroatoms. The zero-order valence-corrected chi connectivity index (χ0v) is 32.5. The predicted molar refractivity (Wildman–Crippen MR) is 188 cm³/mol. The molecule has 51 heavy (non-hydrogen) atoms. The van der Waals surface area contributed by atoms with Gasteiger partial charge in [0.25, 0.3) is 0 Å². The van der Waals surface area contributed by atoms with Gasteiger partial charge in [-0.15, -0.1) is 0 Å². The van der Waals surface area contributed by atoms with Crippen LogP contribution in [0.2, 0.25) is 0 Å². The number of methoxy groups -OCH3 is 1. The molecular formula is C36H66N4O11. The highest BCUT2D eigenvalue weighted by Gasteiger charge is 2.52. The second-order valence-electron chi connectivity index (χ2n) is 16.1. The summed E-state index contributed by atoms with van der Waals surface area (Å²) in [5, 5.41) is 53.2. The van der Waals surface area contributed by atoms with Crippen molar-refractivity contribution in [1.82, 2.24) is 5.32 Å². The number of aliphatic hydroxyl groups is 4. The van der Waals surface area contributed by atoms with Crippen molar-refractivity contribution in [3.8, 4) is 0 Å². The summed E-state index contributed by atoms with van der Waals surface area (Å²) < 4.78 is 37.7. The first kappa shape index (κ1) is 43.8. The molecule has 0 amide bonds. The minimum Gasteiger partial charge on any atom is -0.459 e. The zero-order chi connectivity index (χ0) is 38.5. The van der Waals surface area contributed by atoms with Crippen LogP contribution in [0, 0.1) is 23.7 Å². The highest BCUT2D eigenvalue weighted by molar-refractivity contribution is 5.73. The molecule has 296 valence electrons. The third kappa shape index (κ3) is 10.5. The number of carbonyl (C=O) groups excluding carboxylic acids is 1. The second-order valence-corrected chi connectivity index (χ2v) is 16.1. The first-order valence-corrected chi connectivity index (χ1v) is 18.6. The van der Waals surface area contributed by atoms with E-state index in [9.17, 15) is 25.2 Å². The summed E-state index contributed by atoms with van der Waals surface area (Å²) in [5.41, 5.74) is 4.86. The van der Waals surface area contributed by atoms with E-state index < -0.39 is 89.9 Å². The van der Waals surface area contributed by atoms with E-state index in [4.69, 9.17) is 34.0 Å². The Labute approximate surface area is 303 Å². The predicted octanol–water partition coefficient (Wildman–Crippen LogP) is 3.58. The largest absolute Gasteiger partial charge is 0.459 e. The van der Waals surface area contributed by atoms with Gasteiger partial charge < -0.3 is 54.2 Å². The van der Waals surface area contributed by atoms with Crippen molar-refractivity contribution < 1.29 is 53.6 Å². The minimum absolute atomic E-state index is 0.145. The number of aliphatic hydroxyl groups excluding tert-OH is 2. The molecule has 3 heterocycles. The lowest BCUT2D eigenvalue weighted by Gasteiger charge is -2.49. The van der Waals surface area contributed by atoms with Gasteiger partial charge in [0.2, 0.25) is 0 Å². The van der Waals surface area contributed by atoms with Gasteiger partial charge in [0.15, 0.2) is 12.6 Å². The van der Waals surface area contributed by atoms with Crippen LogP contribution in [0.1, 0.15) is 101 Å². The van der Waals surface area contributed by atoms with Gasteiger partial charge in [-0.2, -0.15) is 0 Å². The average Bonchev–Trinajstić information content (AvgIpc) is 3.06. The van der Waals surface area contributed by atoms with Gasteiger partial charge in [-0.1, -0.05) is 25.9 Å². The lowest BCUT2D eigenvalue weighted by atomic mass is 9.77. The normalized spacial score (nSPS) is 48.1. The van der Waals surface area contributed by atoms with Crippen molar-refractivity contribution in [1.29, 1.82) is 0 Å². The molecule has 5 N–H and O–H groups in total. The van der Waals surface area contributed by atoms with Crippen molar-refractivity contribution in [2.75, 3.05) is 20.2 Å². The quantitative estimate of drug-likeness (QED) is 0.105. The van der Waals surface area contributed by atoms with Crippen molar-refractivity contribution >= 4 is 5.97 Å². The van der Waals surface area contributed by atoms with Crippen LogP contribution in [0.4, 0.5) is 0 Å². The third-order valence-electron chi connectivity index (χ3n) is 11.6. The summed E-state index contributed by atoms with van der Waals surface area (Å²) >= 11 is 0. The summed E-state index contributed by atoms with van der Waals surface area (Å²) in [6.07, 6.45) is -6.08. The van der Waals surface area contributed by atoms with Crippen LogP contribution in [0.3, 0.4) is 0 Å². The van der Waals surface area contributed by atoms with Crippen LogP contribution < -0.4 is 5.32 Å². The van der Waals surface area contributed by atoms with E-state index in [1.807, 2.05) is 34.6 Å². The SMILES string of the molecule is CC[C@H]1OC(=O)[C@H](C)[C@@H](O[C@H]2C[C@@](C)(OC)C(CN=[N+]=[N-])[C@H](C)O2)[C@H](C)[C@@H](O[C@@H]2O[C@H](C)CC[C@H]2O)[C@](C)(O)C[C@@H](C)CN[C@H](C)[C@@H](O)[C@]1(C)O. The first-order valence-electron chi connectivity index (χ1n) is 18.6. The minimum atomic E-state index is -1.80. The number of nitrogens with one attached hydrogen (secondary N) is 1. The Morgan fingerprint density at radius 2 is 1.69 bits per heavy atom. The van der Waals surface area contributed by atoms with Gasteiger partial charge in [0, 0.05) is 42.9 Å². The second kappa shape index (κ2) is 18.1. The Hall–Kier alpha value is -1.62. The Balaban J connectivity index is 2.12. The van der Waals surface area contributed by atoms with Gasteiger partial charge in [0.1, 0.15) is 23.9 Å². The maximum atomic E-state index is 14.1. The number of esters is 1. The summed E-state index contributed by atoms with van der Waals surface area (Å²) in [5.74, 6) is -2.83. The zero-order valence-electron chi connectivity index (χ0n) is 32.5. The monoisotopic (exact) mass is 730 g/mol. The fraction of sp³-hybridized carbons (Fsp3) is 0.972. The molecule has 0 aromatic rings. The van der Waals surface area contributed by atoms with Crippen LogP contribution in [0.15, 0.2) is 5.11 Å². The number of ether oxygens (including phenoxy) is 6. The molecule has 3 aliphatic rings. The summed E-state index contributed by atoms with van der Waals surface area (Å²) in [6, 6.07) is -0.583. The fourth-order valence-corrected chi connectivity index (χ4v) is 8.31. The van der Waals surface area contributed by atoms with Gasteiger partial charge in [-0.25, -0.2) is 0 Å². The highest BCUT2D eigenvalue weighted by Crippen LogP contribution is 2.41. The fourth-order valence-electron chi connectivity index (χ4n) is 8.31. The van der Waals surface area contributed by atoms with Crippen molar-refractivity contribution in [3.63, 3.8) is 0 Å². The van der Waals surface area contributed by atoms with Crippen molar-refractivity contribution in [2.24, 2.45) is 28.8 Å². The maximum Gasteiger partial charge on any atom is 0.311 e. The smallest absolute Gasteiger partial charge is 0.311 e. The number of cyclic esters (lactones) is 1. The average molecular weight is 731 g/mol. The number of nitrogens with zero attached hydrogens (tertiary/aromatic N) is 3. The molecule has 3 aliphatic heterocycles. The molecule has 0 radical (unpaired) electrons. The molecule has 0 saturated carbocycles. The Morgan fingerprint density at radius 3 is 2.29 bits per heavy atom. The molecule has 15 nitrogen and oxygen atoms in total. The molecule has 3 saturated heterocycles. The molecular weight excluding hydrogens is 664 g/mol. The first-order chi connectivity index (χ1) is 23.7. The Morgan fingerprint density at radius 1 is 1.02 bits per heavy atom. The molecule has 0 aromatic carbocycles. The molecule has 17 atom stereocenters. The number of hydrogen-bond donors (Lipinski definition) is 5. The van der Waals surface area contributed by atoms with Gasteiger partial charge in [-0.05, 0) is 92.1 Å². The van der Waals surface area contributed by atoms with Gasteiger partial charge >= 0.3 is 5.97 Å². The number of azide groups is 1. The van der Waals surface area contributed by atoms with E-state index in [1.54, 1.807) is 34.8 Å². The third-order valence-corrected chi connectivity index (χ3v) is 11.6. The van der Waals surface area contributed by atoms with E-state index >= 15 is 0 Å². The van der Waals surface area contributed by atoms with E-state index in [1.165, 1.54) is 6.92 Å². The molecule has 1 unspecified atom stereocenters. The summed E-state index contributed by atoms with van der Waals surface area (Å²) in [6.45, 7) is 18.2. The molecule has 3 rings (SSSR count). The van der Waals surface area contributed by atoms with E-state index in [2.05, 4.69) is 15.3 Å². The van der Waals surface area contributed by atoms with Crippen LogP contribution in [0.5, 0.6) is 0 Å². The highest BCUT2D eigenvalue weighted by atomic mass is 16.7. The van der Waals surface area contributed by atoms with Crippen molar-refractivity contribution in [3.05, 3.63) is 10.4 Å². The summed E-state index contributed by atoms with van der Waals surface area (Å²) in [4.78, 5) is 17.0. The molecule has 0 bridgehead atoms. The number of rotatable bonds is 8. The van der Waals surface area contributed by atoms with E-state index in [0.717, 1.165) is 0 Å². The Kier molecular flexibility index (Phi) is 15.6. The summed E-state index contributed by atoms with van der Waals surface area (Å²) in [7, 11) is 1.57. The van der Waals surface area contributed by atoms with Crippen LogP contribution in [-0.2, 0) is 33.2 Å². The van der Waals surface area contributed by atoms with Gasteiger partial charge in [-0.3, -0.25) is 4.79 Å². The van der Waals surface area contributed by atoms with Crippen LogP contribution in [0.25, 0.3) is 10.4 Å². The topological polar surface area (TPSA) is 214 Å². The lowest BCUT2D eigenvalue weighted by molar-refractivity contribution is -0.309. The standard InChI is InChI=1S/C36H66N4O11/c1-12-27-36(10,45)30(42)23(6)38-17-19(2)15-34(8,44)31(51-33-26(41)14-13-20(3)47-33)21(4)29(22(5)32(43)49-27)50-28-16-35(9,46-11)25(18-39-40-37)24(7)48-28/h19-31,33,38,41-42,44-45H,12-18H2,1-11H3/t19-,20-,21+,22-,23-,24+,25?,26-,27-,28+,29+,30-,31-,33+,34-,35-,36-/m1/s1. The van der Waals surface area contributed by atoms with Crippen molar-refractivity contribution in [2.45, 2.75) is 179 Å². The molecule has 0 aromatic heterocycles.